The van der Waals surface area contributed by atoms with Crippen molar-refractivity contribution in [1.29, 1.82) is 0 Å². The highest BCUT2D eigenvalue weighted by Crippen LogP contribution is 2.27. The van der Waals surface area contributed by atoms with E-state index in [9.17, 15) is 9.59 Å². The fraction of sp³-hybridized carbons (Fsp3) is 0.292. The van der Waals surface area contributed by atoms with Gasteiger partial charge in [-0.1, -0.05) is 17.7 Å². The second-order valence-electron chi connectivity index (χ2n) is 7.68. The number of nitrogens with zero attached hydrogens (tertiary/aromatic N) is 2. The van der Waals surface area contributed by atoms with Gasteiger partial charge in [0, 0.05) is 30.4 Å². The summed E-state index contributed by atoms with van der Waals surface area (Å²) in [5.74, 6) is 1.21. The van der Waals surface area contributed by atoms with Crippen molar-refractivity contribution in [3.05, 3.63) is 64.2 Å². The second kappa shape index (κ2) is 9.13. The molecule has 166 valence electrons. The first-order chi connectivity index (χ1) is 15.5. The third kappa shape index (κ3) is 4.30. The Kier molecular flexibility index (Phi) is 6.11. The number of H-pyrrole nitrogens is 1. The number of methoxy groups -OCH3 is 2. The number of carbonyl (C=O) groups is 1. The van der Waals surface area contributed by atoms with Crippen LogP contribution >= 0.6 is 0 Å². The van der Waals surface area contributed by atoms with Crippen LogP contribution < -0.4 is 20.3 Å². The van der Waals surface area contributed by atoms with E-state index in [1.165, 1.54) is 10.9 Å². The number of aromatic amines is 1. The number of aryl methyl sites for hydroxylation is 2. The van der Waals surface area contributed by atoms with Crippen LogP contribution in [0.25, 0.3) is 21.9 Å². The van der Waals surface area contributed by atoms with Gasteiger partial charge in [0.1, 0.15) is 11.0 Å². The van der Waals surface area contributed by atoms with Crippen molar-refractivity contribution in [2.45, 2.75) is 26.3 Å². The van der Waals surface area contributed by atoms with E-state index in [2.05, 4.69) is 15.3 Å². The second-order valence-corrected chi connectivity index (χ2v) is 7.68. The average molecular weight is 434 g/mol. The van der Waals surface area contributed by atoms with E-state index in [1.807, 2.05) is 43.3 Å². The SMILES string of the molecule is COc1ccc(CCNC(=O)CCn2cnc3c([nH]c4ccc(C)cc43)c2=O)cc1OC. The van der Waals surface area contributed by atoms with Crippen molar-refractivity contribution >= 4 is 27.8 Å². The zero-order chi connectivity index (χ0) is 22.7. The van der Waals surface area contributed by atoms with Gasteiger partial charge < -0.3 is 19.8 Å². The molecule has 0 saturated heterocycles. The Bertz CT molecular complexity index is 1340. The molecule has 1 amide bonds. The van der Waals surface area contributed by atoms with E-state index in [4.69, 9.17) is 9.47 Å². The molecule has 2 aromatic heterocycles. The largest absolute Gasteiger partial charge is 0.493 e. The van der Waals surface area contributed by atoms with Gasteiger partial charge in [-0.2, -0.15) is 0 Å². The van der Waals surface area contributed by atoms with Crippen LogP contribution in [0.2, 0.25) is 0 Å². The standard InChI is InChI=1S/C24H26N4O4/c1-15-4-6-18-17(12-15)22-23(27-18)24(30)28(14-26-22)11-9-21(29)25-10-8-16-5-7-19(31-2)20(13-16)32-3/h4-7,12-14,27H,8-11H2,1-3H3,(H,25,29). The fourth-order valence-electron chi connectivity index (χ4n) is 3.76. The summed E-state index contributed by atoms with van der Waals surface area (Å²) in [4.78, 5) is 32.7. The highest BCUT2D eigenvalue weighted by atomic mass is 16.5. The van der Waals surface area contributed by atoms with Gasteiger partial charge in [-0.3, -0.25) is 14.2 Å². The lowest BCUT2D eigenvalue weighted by Crippen LogP contribution is -2.29. The summed E-state index contributed by atoms with van der Waals surface area (Å²) in [6.07, 6.45) is 2.36. The van der Waals surface area contributed by atoms with Crippen molar-refractivity contribution in [2.75, 3.05) is 20.8 Å². The molecule has 8 nitrogen and oxygen atoms in total. The molecule has 0 unspecified atom stereocenters. The van der Waals surface area contributed by atoms with E-state index in [-0.39, 0.29) is 24.4 Å². The molecule has 0 fully saturated rings. The number of ether oxygens (including phenoxy) is 2. The molecule has 0 spiro atoms. The number of nitrogens with one attached hydrogen (secondary N) is 2. The molecule has 0 bridgehead atoms. The van der Waals surface area contributed by atoms with Gasteiger partial charge in [-0.05, 0) is 43.2 Å². The minimum Gasteiger partial charge on any atom is -0.493 e. The molecular formula is C24H26N4O4. The first-order valence-corrected chi connectivity index (χ1v) is 10.4. The summed E-state index contributed by atoms with van der Waals surface area (Å²) in [6.45, 7) is 2.75. The van der Waals surface area contributed by atoms with Crippen LogP contribution in [-0.4, -0.2) is 41.2 Å². The molecule has 32 heavy (non-hydrogen) atoms. The lowest BCUT2D eigenvalue weighted by atomic mass is 10.1. The van der Waals surface area contributed by atoms with Crippen molar-refractivity contribution in [2.24, 2.45) is 0 Å². The normalized spacial score (nSPS) is 11.1. The van der Waals surface area contributed by atoms with Crippen molar-refractivity contribution in [1.82, 2.24) is 19.9 Å². The first-order valence-electron chi connectivity index (χ1n) is 10.4. The van der Waals surface area contributed by atoms with Crippen LogP contribution in [0.5, 0.6) is 11.5 Å². The summed E-state index contributed by atoms with van der Waals surface area (Å²) in [5.41, 5.74) is 3.95. The Morgan fingerprint density at radius 2 is 1.94 bits per heavy atom. The molecule has 0 atom stereocenters. The van der Waals surface area contributed by atoms with Crippen molar-refractivity contribution < 1.29 is 14.3 Å². The first kappa shape index (κ1) is 21.4. The van der Waals surface area contributed by atoms with E-state index >= 15 is 0 Å². The van der Waals surface area contributed by atoms with Crippen LogP contribution in [0.3, 0.4) is 0 Å². The zero-order valence-electron chi connectivity index (χ0n) is 18.4. The maximum absolute atomic E-state index is 12.8. The Morgan fingerprint density at radius 3 is 2.72 bits per heavy atom. The predicted octanol–water partition coefficient (Wildman–Crippen LogP) is 2.95. The molecule has 0 aliphatic rings. The minimum absolute atomic E-state index is 0.121. The Morgan fingerprint density at radius 1 is 1.12 bits per heavy atom. The van der Waals surface area contributed by atoms with Crippen LogP contribution in [-0.2, 0) is 17.8 Å². The summed E-state index contributed by atoms with van der Waals surface area (Å²) in [6, 6.07) is 11.6. The van der Waals surface area contributed by atoms with Crippen molar-refractivity contribution in [3.63, 3.8) is 0 Å². The topological polar surface area (TPSA) is 98.2 Å². The van der Waals surface area contributed by atoms with Crippen LogP contribution in [0, 0.1) is 6.92 Å². The third-order valence-electron chi connectivity index (χ3n) is 5.49. The number of hydrogen-bond acceptors (Lipinski definition) is 5. The van der Waals surface area contributed by atoms with Crippen LogP contribution in [0.15, 0.2) is 47.5 Å². The molecule has 2 aromatic carbocycles. The van der Waals surface area contributed by atoms with Gasteiger partial charge in [-0.15, -0.1) is 0 Å². The maximum Gasteiger partial charge on any atom is 0.277 e. The summed E-state index contributed by atoms with van der Waals surface area (Å²) >= 11 is 0. The minimum atomic E-state index is -0.179. The summed E-state index contributed by atoms with van der Waals surface area (Å²) in [5, 5.41) is 3.83. The third-order valence-corrected chi connectivity index (χ3v) is 5.49. The molecule has 2 heterocycles. The number of amides is 1. The van der Waals surface area contributed by atoms with Gasteiger partial charge >= 0.3 is 0 Å². The maximum atomic E-state index is 12.8. The fourth-order valence-corrected chi connectivity index (χ4v) is 3.76. The van der Waals surface area contributed by atoms with Gasteiger partial charge in [0.05, 0.1) is 20.5 Å². The van der Waals surface area contributed by atoms with Gasteiger partial charge in [-0.25, -0.2) is 4.98 Å². The molecule has 2 N–H and O–H groups in total. The highest BCUT2D eigenvalue weighted by Gasteiger charge is 2.12. The lowest BCUT2D eigenvalue weighted by Gasteiger charge is -2.10. The van der Waals surface area contributed by atoms with Gasteiger partial charge in [0.2, 0.25) is 5.91 Å². The number of carbonyl (C=O) groups excluding carboxylic acids is 1. The number of fused-ring (bicyclic) bond motifs is 3. The van der Waals surface area contributed by atoms with E-state index in [0.717, 1.165) is 22.0 Å². The summed E-state index contributed by atoms with van der Waals surface area (Å²) in [7, 11) is 3.18. The van der Waals surface area contributed by atoms with Crippen LogP contribution in [0.1, 0.15) is 17.5 Å². The van der Waals surface area contributed by atoms with Crippen LogP contribution in [0.4, 0.5) is 0 Å². The van der Waals surface area contributed by atoms with Gasteiger partial charge in [0.25, 0.3) is 5.56 Å². The molecule has 0 saturated carbocycles. The average Bonchev–Trinajstić information content (AvgIpc) is 3.17. The highest BCUT2D eigenvalue weighted by molar-refractivity contribution is 6.04. The zero-order valence-corrected chi connectivity index (χ0v) is 18.4. The summed E-state index contributed by atoms with van der Waals surface area (Å²) < 4.78 is 12.0. The Hall–Kier alpha value is -3.81. The molecule has 0 aliphatic carbocycles. The Labute approximate surface area is 185 Å². The van der Waals surface area contributed by atoms with E-state index in [1.54, 1.807) is 14.2 Å². The number of rotatable bonds is 8. The molecular weight excluding hydrogens is 408 g/mol. The van der Waals surface area contributed by atoms with E-state index < -0.39 is 0 Å². The molecule has 0 aliphatic heterocycles. The van der Waals surface area contributed by atoms with Gasteiger partial charge in [0.15, 0.2) is 11.5 Å². The smallest absolute Gasteiger partial charge is 0.277 e. The molecule has 8 heteroatoms. The monoisotopic (exact) mass is 434 g/mol. The molecule has 4 rings (SSSR count). The van der Waals surface area contributed by atoms with Crippen molar-refractivity contribution in [3.8, 4) is 11.5 Å². The van der Waals surface area contributed by atoms with E-state index in [0.29, 0.717) is 35.5 Å². The number of benzene rings is 2. The molecule has 0 radical (unpaired) electrons. The number of aromatic nitrogens is 3. The quantitative estimate of drug-likeness (QED) is 0.444. The lowest BCUT2D eigenvalue weighted by molar-refractivity contribution is -0.121. The predicted molar refractivity (Wildman–Crippen MR) is 123 cm³/mol. The number of hydrogen-bond donors (Lipinski definition) is 2. The Balaban J connectivity index is 1.36. The molecule has 4 aromatic rings.